The summed E-state index contributed by atoms with van der Waals surface area (Å²) in [5.74, 6) is 0. The second-order valence-electron chi connectivity index (χ2n) is 3.07. The molecule has 3 nitrogen and oxygen atoms in total. The molecule has 0 saturated heterocycles. The standard InChI is InChI=1S/C11H7NO2S3/c12-8-10(7-9-3-1-5-15-9)17(13,14)11-4-2-6-16-11/h1-7H/b10-7+. The molecule has 0 saturated carbocycles. The van der Waals surface area contributed by atoms with Crippen molar-refractivity contribution in [3.8, 4) is 6.07 Å². The van der Waals surface area contributed by atoms with Gasteiger partial charge in [-0.2, -0.15) is 5.26 Å². The Labute approximate surface area is 107 Å². The van der Waals surface area contributed by atoms with Crippen LogP contribution in [-0.2, 0) is 9.84 Å². The van der Waals surface area contributed by atoms with Gasteiger partial charge in [-0.3, -0.25) is 0 Å². The van der Waals surface area contributed by atoms with Crippen molar-refractivity contribution in [1.29, 1.82) is 5.26 Å². The van der Waals surface area contributed by atoms with Crippen molar-refractivity contribution < 1.29 is 8.42 Å². The van der Waals surface area contributed by atoms with Crippen LogP contribution in [0, 0.1) is 11.3 Å². The number of rotatable bonds is 3. The Balaban J connectivity index is 2.49. The molecular weight excluding hydrogens is 274 g/mol. The minimum Gasteiger partial charge on any atom is -0.217 e. The molecule has 0 fully saturated rings. The van der Waals surface area contributed by atoms with Gasteiger partial charge in [-0.25, -0.2) is 8.42 Å². The van der Waals surface area contributed by atoms with Crippen LogP contribution in [0.1, 0.15) is 4.88 Å². The van der Waals surface area contributed by atoms with Gasteiger partial charge in [0.2, 0.25) is 9.84 Å². The van der Waals surface area contributed by atoms with E-state index in [2.05, 4.69) is 0 Å². The highest BCUT2D eigenvalue weighted by atomic mass is 32.2. The van der Waals surface area contributed by atoms with E-state index in [0.29, 0.717) is 0 Å². The van der Waals surface area contributed by atoms with Gasteiger partial charge in [0.25, 0.3) is 0 Å². The zero-order valence-corrected chi connectivity index (χ0v) is 11.0. The maximum absolute atomic E-state index is 12.1. The molecule has 0 bridgehead atoms. The minimum absolute atomic E-state index is 0.196. The van der Waals surface area contributed by atoms with Crippen molar-refractivity contribution >= 4 is 38.6 Å². The fraction of sp³-hybridized carbons (Fsp3) is 0. The summed E-state index contributed by atoms with van der Waals surface area (Å²) >= 11 is 2.50. The van der Waals surface area contributed by atoms with Gasteiger partial charge < -0.3 is 0 Å². The summed E-state index contributed by atoms with van der Waals surface area (Å²) in [4.78, 5) is 0.532. The van der Waals surface area contributed by atoms with Crippen molar-refractivity contribution in [3.63, 3.8) is 0 Å². The van der Waals surface area contributed by atoms with Gasteiger partial charge in [0.1, 0.15) is 10.3 Å². The van der Waals surface area contributed by atoms with Crippen molar-refractivity contribution in [2.75, 3.05) is 0 Å². The average Bonchev–Trinajstić information content (AvgIpc) is 2.98. The second kappa shape index (κ2) is 4.84. The summed E-state index contributed by atoms with van der Waals surface area (Å²) in [6, 6.07) is 8.48. The summed E-state index contributed by atoms with van der Waals surface area (Å²) in [5.41, 5.74) is 0. The molecule has 0 amide bonds. The number of nitriles is 1. The first-order valence-corrected chi connectivity index (χ1v) is 7.83. The van der Waals surface area contributed by atoms with Crippen LogP contribution in [0.15, 0.2) is 44.1 Å². The lowest BCUT2D eigenvalue weighted by Crippen LogP contribution is -2.00. The van der Waals surface area contributed by atoms with Gasteiger partial charge in [-0.15, -0.1) is 22.7 Å². The Morgan fingerprint density at radius 1 is 1.24 bits per heavy atom. The predicted molar refractivity (Wildman–Crippen MR) is 69.4 cm³/mol. The minimum atomic E-state index is -3.66. The van der Waals surface area contributed by atoms with Crippen molar-refractivity contribution in [1.82, 2.24) is 0 Å². The summed E-state index contributed by atoms with van der Waals surface area (Å²) in [6.45, 7) is 0. The first kappa shape index (κ1) is 12.0. The van der Waals surface area contributed by atoms with Gasteiger partial charge >= 0.3 is 0 Å². The molecule has 2 aromatic heterocycles. The Morgan fingerprint density at radius 2 is 1.94 bits per heavy atom. The molecule has 2 rings (SSSR count). The molecule has 0 spiro atoms. The Kier molecular flexibility index (Phi) is 3.43. The van der Waals surface area contributed by atoms with E-state index in [-0.39, 0.29) is 9.11 Å². The number of nitrogens with zero attached hydrogens (tertiary/aromatic N) is 1. The van der Waals surface area contributed by atoms with E-state index in [1.807, 2.05) is 11.4 Å². The average molecular weight is 281 g/mol. The van der Waals surface area contributed by atoms with E-state index in [1.165, 1.54) is 23.5 Å². The molecule has 0 N–H and O–H groups in total. The molecule has 0 radical (unpaired) electrons. The Bertz CT molecular complexity index is 659. The SMILES string of the molecule is N#C/C(=C\c1cccs1)S(=O)(=O)c1cccs1. The third-order valence-electron chi connectivity index (χ3n) is 1.98. The van der Waals surface area contributed by atoms with Crippen LogP contribution in [0.4, 0.5) is 0 Å². The molecule has 2 aromatic rings. The Morgan fingerprint density at radius 3 is 2.47 bits per heavy atom. The molecule has 0 aliphatic carbocycles. The lowest BCUT2D eigenvalue weighted by molar-refractivity contribution is 0.605. The molecule has 0 aliphatic rings. The molecule has 0 atom stereocenters. The van der Waals surface area contributed by atoms with Crippen molar-refractivity contribution in [2.45, 2.75) is 4.21 Å². The highest BCUT2D eigenvalue weighted by Gasteiger charge is 2.21. The second-order valence-corrected chi connectivity index (χ2v) is 7.14. The molecule has 0 aromatic carbocycles. The van der Waals surface area contributed by atoms with Gasteiger partial charge in [0.05, 0.1) is 0 Å². The molecular formula is C11H7NO2S3. The van der Waals surface area contributed by atoms with Crippen LogP contribution < -0.4 is 0 Å². The van der Waals surface area contributed by atoms with E-state index >= 15 is 0 Å². The van der Waals surface area contributed by atoms with E-state index in [9.17, 15) is 8.42 Å². The first-order valence-electron chi connectivity index (χ1n) is 4.58. The number of hydrogen-bond acceptors (Lipinski definition) is 5. The lowest BCUT2D eigenvalue weighted by atomic mass is 10.4. The summed E-state index contributed by atoms with van der Waals surface area (Å²) in [5, 5.41) is 12.5. The highest BCUT2D eigenvalue weighted by molar-refractivity contribution is 7.97. The van der Waals surface area contributed by atoms with Crippen LogP contribution in [0.2, 0.25) is 0 Å². The Hall–Kier alpha value is -1.42. The van der Waals surface area contributed by atoms with Crippen molar-refractivity contribution in [3.05, 3.63) is 44.8 Å². The van der Waals surface area contributed by atoms with E-state index in [0.717, 1.165) is 16.2 Å². The highest BCUT2D eigenvalue weighted by Crippen LogP contribution is 2.25. The number of allylic oxidation sites excluding steroid dienone is 1. The predicted octanol–water partition coefficient (Wildman–Crippen LogP) is 3.15. The van der Waals surface area contributed by atoms with Crippen LogP contribution in [0.25, 0.3) is 6.08 Å². The zero-order chi connectivity index (χ0) is 12.3. The molecule has 6 heteroatoms. The molecule has 0 aliphatic heterocycles. The monoisotopic (exact) mass is 281 g/mol. The maximum atomic E-state index is 12.1. The van der Waals surface area contributed by atoms with Gasteiger partial charge in [-0.05, 0) is 29.0 Å². The topological polar surface area (TPSA) is 57.9 Å². The third-order valence-corrected chi connectivity index (χ3v) is 5.86. The third kappa shape index (κ3) is 2.47. The van der Waals surface area contributed by atoms with Gasteiger partial charge in [0, 0.05) is 4.88 Å². The van der Waals surface area contributed by atoms with E-state index in [1.54, 1.807) is 23.6 Å². The lowest BCUT2D eigenvalue weighted by Gasteiger charge is -1.98. The smallest absolute Gasteiger partial charge is 0.217 e. The molecule has 86 valence electrons. The quantitative estimate of drug-likeness (QED) is 0.812. The van der Waals surface area contributed by atoms with Crippen LogP contribution in [0.3, 0.4) is 0 Å². The summed E-state index contributed by atoms with van der Waals surface area (Å²) in [6.07, 6.45) is 1.40. The van der Waals surface area contributed by atoms with Gasteiger partial charge in [0.15, 0.2) is 4.91 Å². The summed E-state index contributed by atoms with van der Waals surface area (Å²) in [7, 11) is -3.66. The van der Waals surface area contributed by atoms with E-state index < -0.39 is 9.84 Å². The van der Waals surface area contributed by atoms with E-state index in [4.69, 9.17) is 5.26 Å². The molecule has 17 heavy (non-hydrogen) atoms. The van der Waals surface area contributed by atoms with Crippen LogP contribution >= 0.6 is 22.7 Å². The number of thiophene rings is 2. The van der Waals surface area contributed by atoms with Crippen LogP contribution in [-0.4, -0.2) is 8.42 Å². The molecule has 0 unspecified atom stereocenters. The zero-order valence-electron chi connectivity index (χ0n) is 8.53. The van der Waals surface area contributed by atoms with Crippen molar-refractivity contribution in [2.24, 2.45) is 0 Å². The first-order chi connectivity index (χ1) is 8.14. The fourth-order valence-electron chi connectivity index (χ4n) is 1.20. The fourth-order valence-corrected chi connectivity index (χ4v) is 4.20. The van der Waals surface area contributed by atoms with Gasteiger partial charge in [-0.1, -0.05) is 12.1 Å². The molecule has 2 heterocycles. The maximum Gasteiger partial charge on any atom is 0.226 e. The number of hydrogen-bond donors (Lipinski definition) is 0. The largest absolute Gasteiger partial charge is 0.226 e. The number of sulfone groups is 1. The normalized spacial score (nSPS) is 12.3. The summed E-state index contributed by atoms with van der Waals surface area (Å²) < 4.78 is 24.3. The van der Waals surface area contributed by atoms with Crippen LogP contribution in [0.5, 0.6) is 0 Å².